The lowest BCUT2D eigenvalue weighted by molar-refractivity contribution is -0.271. The van der Waals surface area contributed by atoms with E-state index in [1.165, 1.54) is 50.3 Å². The zero-order chi connectivity index (χ0) is 23.4. The molecule has 2 aromatic rings. The third kappa shape index (κ3) is 5.64. The van der Waals surface area contributed by atoms with Crippen molar-refractivity contribution in [2.75, 3.05) is 0 Å². The van der Waals surface area contributed by atoms with Crippen molar-refractivity contribution in [3.05, 3.63) is 40.2 Å². The molecule has 1 aromatic heterocycles. The van der Waals surface area contributed by atoms with Gasteiger partial charge in [-0.25, -0.2) is 9.59 Å². The first kappa shape index (κ1) is 24.1. The minimum absolute atomic E-state index is 0.123. The summed E-state index contributed by atoms with van der Waals surface area (Å²) < 4.78 is 15.5. The van der Waals surface area contributed by atoms with Gasteiger partial charge in [0.25, 0.3) is 0 Å². The Labute approximate surface area is 184 Å². The zero-order valence-electron chi connectivity index (χ0n) is 17.7. The Balaban J connectivity index is 0.000000352. The van der Waals surface area contributed by atoms with E-state index in [1.54, 1.807) is 13.0 Å². The first-order chi connectivity index (χ1) is 15.2. The van der Waals surface area contributed by atoms with E-state index in [4.69, 9.17) is 24.7 Å². The molecule has 0 spiro atoms. The number of fused-ring (bicyclic) bond motifs is 1. The summed E-state index contributed by atoms with van der Waals surface area (Å²) in [5, 5.41) is 39.1. The van der Waals surface area contributed by atoms with Gasteiger partial charge < -0.3 is 40.1 Å². The quantitative estimate of drug-likeness (QED) is 0.417. The maximum absolute atomic E-state index is 11.5. The highest BCUT2D eigenvalue weighted by Gasteiger charge is 2.48. The van der Waals surface area contributed by atoms with E-state index in [1.807, 2.05) is 0 Å². The van der Waals surface area contributed by atoms with Crippen molar-refractivity contribution in [2.24, 2.45) is 5.73 Å². The minimum Gasteiger partial charge on any atom is -0.479 e. The van der Waals surface area contributed by atoms with Crippen LogP contribution in [0.1, 0.15) is 37.7 Å². The third-order valence-electron chi connectivity index (χ3n) is 5.64. The molecule has 1 aliphatic heterocycles. The second-order valence-electron chi connectivity index (χ2n) is 8.16. The Bertz CT molecular complexity index is 985. The van der Waals surface area contributed by atoms with Gasteiger partial charge in [-0.05, 0) is 37.5 Å². The summed E-state index contributed by atoms with van der Waals surface area (Å²) in [6.07, 6.45) is -1.87. The van der Waals surface area contributed by atoms with Crippen LogP contribution in [0.3, 0.4) is 0 Å². The second-order valence-corrected chi connectivity index (χ2v) is 8.16. The van der Waals surface area contributed by atoms with Crippen LogP contribution in [-0.2, 0) is 9.53 Å². The maximum atomic E-state index is 11.5. The zero-order valence-corrected chi connectivity index (χ0v) is 17.7. The fourth-order valence-corrected chi connectivity index (χ4v) is 3.80. The van der Waals surface area contributed by atoms with Crippen molar-refractivity contribution < 1.29 is 39.1 Å². The van der Waals surface area contributed by atoms with Gasteiger partial charge in [0.05, 0.1) is 0 Å². The van der Waals surface area contributed by atoms with Crippen LogP contribution in [0.25, 0.3) is 11.0 Å². The van der Waals surface area contributed by atoms with Crippen molar-refractivity contribution >= 4 is 16.9 Å². The van der Waals surface area contributed by atoms with Crippen LogP contribution in [-0.4, -0.2) is 63.1 Å². The molecule has 6 N–H and O–H groups in total. The number of nitrogens with two attached hydrogens (primary N) is 1. The first-order valence-electron chi connectivity index (χ1n) is 10.6. The molecule has 2 aliphatic rings. The van der Waals surface area contributed by atoms with Gasteiger partial charge >= 0.3 is 11.6 Å². The number of rotatable bonds is 3. The molecule has 2 heterocycles. The standard InChI is InChI=1S/C16H16O9.C6H13N/c1-6-4-10(17)24-9-5-7(2-3-8(6)9)23-16-13(20)11(18)12(19)14(25-16)15(21)22;7-6-4-2-1-3-5-6/h2-5,11-14,16,18-20H,1H3,(H,21,22);6H,1-5,7H2/t11-,12-,13+,14-,16+;/m0./s1. The number of carboxylic acids is 1. The van der Waals surface area contributed by atoms with Crippen LogP contribution in [0.5, 0.6) is 5.75 Å². The Morgan fingerprint density at radius 2 is 1.75 bits per heavy atom. The molecular weight excluding hydrogens is 422 g/mol. The van der Waals surface area contributed by atoms with Crippen molar-refractivity contribution in [1.82, 2.24) is 0 Å². The van der Waals surface area contributed by atoms with E-state index in [9.17, 15) is 24.9 Å². The number of aliphatic carboxylic acids is 1. The summed E-state index contributed by atoms with van der Waals surface area (Å²) in [6, 6.07) is 6.39. The smallest absolute Gasteiger partial charge is 0.336 e. The number of aliphatic hydroxyl groups is 3. The lowest BCUT2D eigenvalue weighted by Gasteiger charge is -2.38. The summed E-state index contributed by atoms with van der Waals surface area (Å²) in [4.78, 5) is 22.5. The molecule has 0 amide bonds. The fourth-order valence-electron chi connectivity index (χ4n) is 3.80. The largest absolute Gasteiger partial charge is 0.479 e. The van der Waals surface area contributed by atoms with E-state index in [0.29, 0.717) is 17.0 Å². The number of carbonyl (C=O) groups is 1. The lowest BCUT2D eigenvalue weighted by Crippen LogP contribution is -2.61. The van der Waals surface area contributed by atoms with Gasteiger partial charge in [0.15, 0.2) is 6.10 Å². The molecule has 1 saturated carbocycles. The van der Waals surface area contributed by atoms with Gasteiger partial charge in [-0.1, -0.05) is 19.3 Å². The molecule has 10 nitrogen and oxygen atoms in total. The summed E-state index contributed by atoms with van der Waals surface area (Å²) in [5.74, 6) is -1.38. The lowest BCUT2D eigenvalue weighted by atomic mass is 9.97. The van der Waals surface area contributed by atoms with E-state index in [2.05, 4.69) is 0 Å². The predicted octanol–water partition coefficient (Wildman–Crippen LogP) is 0.650. The number of aryl methyl sites for hydroxylation is 1. The van der Waals surface area contributed by atoms with E-state index in [-0.39, 0.29) is 11.3 Å². The highest BCUT2D eigenvalue weighted by Crippen LogP contribution is 2.27. The Kier molecular flexibility index (Phi) is 7.86. The summed E-state index contributed by atoms with van der Waals surface area (Å²) in [7, 11) is 0. The van der Waals surface area contributed by atoms with Crippen molar-refractivity contribution in [2.45, 2.75) is 75.8 Å². The van der Waals surface area contributed by atoms with Gasteiger partial charge in [-0.2, -0.15) is 0 Å². The highest BCUT2D eigenvalue weighted by molar-refractivity contribution is 5.81. The highest BCUT2D eigenvalue weighted by atomic mass is 16.7. The Morgan fingerprint density at radius 1 is 1.06 bits per heavy atom. The number of benzene rings is 1. The number of ether oxygens (including phenoxy) is 2. The van der Waals surface area contributed by atoms with Gasteiger partial charge in [0, 0.05) is 23.6 Å². The number of aliphatic hydroxyl groups excluding tert-OH is 3. The van der Waals surface area contributed by atoms with E-state index in [0.717, 1.165) is 0 Å². The van der Waals surface area contributed by atoms with Crippen LogP contribution in [0, 0.1) is 6.92 Å². The molecule has 1 saturated heterocycles. The molecule has 32 heavy (non-hydrogen) atoms. The maximum Gasteiger partial charge on any atom is 0.336 e. The molecule has 0 unspecified atom stereocenters. The summed E-state index contributed by atoms with van der Waals surface area (Å²) >= 11 is 0. The van der Waals surface area contributed by atoms with Crippen LogP contribution >= 0.6 is 0 Å². The molecule has 2 fully saturated rings. The average molecular weight is 451 g/mol. The molecule has 1 aromatic carbocycles. The normalized spacial score (nSPS) is 28.6. The fraction of sp³-hybridized carbons (Fsp3) is 0.545. The summed E-state index contributed by atoms with van der Waals surface area (Å²) in [5.41, 5.74) is 6.04. The molecule has 4 rings (SSSR count). The van der Waals surface area contributed by atoms with Crippen LogP contribution in [0.15, 0.2) is 33.5 Å². The predicted molar refractivity (Wildman–Crippen MR) is 113 cm³/mol. The van der Waals surface area contributed by atoms with Crippen molar-refractivity contribution in [1.29, 1.82) is 0 Å². The minimum atomic E-state index is -1.80. The number of hydrogen-bond acceptors (Lipinski definition) is 9. The topological polar surface area (TPSA) is 173 Å². The molecule has 176 valence electrons. The second kappa shape index (κ2) is 10.4. The average Bonchev–Trinajstić information content (AvgIpc) is 2.74. The van der Waals surface area contributed by atoms with E-state index < -0.39 is 42.3 Å². The van der Waals surface area contributed by atoms with Crippen LogP contribution < -0.4 is 16.1 Å². The molecular formula is C22H29NO9. The van der Waals surface area contributed by atoms with Crippen molar-refractivity contribution in [3.63, 3.8) is 0 Å². The Hall–Kier alpha value is -2.50. The monoisotopic (exact) mass is 451 g/mol. The Morgan fingerprint density at radius 3 is 2.34 bits per heavy atom. The molecule has 1 aliphatic carbocycles. The molecule has 0 bridgehead atoms. The van der Waals surface area contributed by atoms with Crippen LogP contribution in [0.2, 0.25) is 0 Å². The van der Waals surface area contributed by atoms with Gasteiger partial charge in [0.1, 0.15) is 29.6 Å². The van der Waals surface area contributed by atoms with E-state index >= 15 is 0 Å². The van der Waals surface area contributed by atoms with Gasteiger partial charge in [0.2, 0.25) is 6.29 Å². The SMILES string of the molecule is Cc1cc(=O)oc2cc(O[C@@H]3O[C@H](C(=O)O)[C@@H](O)[C@H](O)[C@H]3O)ccc12.NC1CCCCC1. The summed E-state index contributed by atoms with van der Waals surface area (Å²) in [6.45, 7) is 1.74. The van der Waals surface area contributed by atoms with Gasteiger partial charge in [-0.15, -0.1) is 0 Å². The first-order valence-corrected chi connectivity index (χ1v) is 10.6. The van der Waals surface area contributed by atoms with Crippen molar-refractivity contribution in [3.8, 4) is 5.75 Å². The number of carboxylic acid groups (broad SMARTS) is 1. The number of hydrogen-bond donors (Lipinski definition) is 5. The van der Waals surface area contributed by atoms with Crippen LogP contribution in [0.4, 0.5) is 0 Å². The third-order valence-corrected chi connectivity index (χ3v) is 5.64. The molecule has 10 heteroatoms. The van der Waals surface area contributed by atoms with Gasteiger partial charge in [-0.3, -0.25) is 0 Å². The molecule has 5 atom stereocenters. The molecule has 0 radical (unpaired) electrons.